The quantitative estimate of drug-likeness (QED) is 0.360. The summed E-state index contributed by atoms with van der Waals surface area (Å²) in [4.78, 5) is 31.9. The van der Waals surface area contributed by atoms with E-state index < -0.39 is 6.16 Å². The molecule has 2 heterocycles. The van der Waals surface area contributed by atoms with Crippen LogP contribution in [0.25, 0.3) is 10.9 Å². The standard InChI is InChI=1S/C28H39N3O6/c1-19(2)31(20-9-7-14-29-18-20)27(32)23-17-25(35-15-8-16-36-28(33)34-3)22-12-6-13-24(26(22)30-23)37-21-10-4-5-11-21/h6,12-13,17,19-21,29H,4-5,7-11,14-16,18H2,1-3H3/t20-/m1/s1. The highest BCUT2D eigenvalue weighted by atomic mass is 16.7. The third-order valence-corrected chi connectivity index (χ3v) is 6.97. The molecule has 0 bridgehead atoms. The number of carbonyl (C=O) groups excluding carboxylic acids is 2. The summed E-state index contributed by atoms with van der Waals surface area (Å²) in [5.74, 6) is 1.13. The predicted molar refractivity (Wildman–Crippen MR) is 140 cm³/mol. The van der Waals surface area contributed by atoms with Gasteiger partial charge in [-0.3, -0.25) is 4.79 Å². The van der Waals surface area contributed by atoms with Crippen LogP contribution in [0.3, 0.4) is 0 Å². The second-order valence-electron chi connectivity index (χ2n) is 9.99. The Morgan fingerprint density at radius 3 is 2.62 bits per heavy atom. The van der Waals surface area contributed by atoms with Gasteiger partial charge in [0.1, 0.15) is 22.7 Å². The van der Waals surface area contributed by atoms with Gasteiger partial charge in [0.15, 0.2) is 0 Å². The van der Waals surface area contributed by atoms with Crippen molar-refractivity contribution in [3.8, 4) is 11.5 Å². The topological polar surface area (TPSA) is 99.2 Å². The van der Waals surface area contributed by atoms with Crippen molar-refractivity contribution in [1.29, 1.82) is 0 Å². The minimum atomic E-state index is -0.720. The van der Waals surface area contributed by atoms with E-state index in [2.05, 4.69) is 10.1 Å². The lowest BCUT2D eigenvalue weighted by molar-refractivity contribution is 0.0566. The van der Waals surface area contributed by atoms with E-state index in [9.17, 15) is 9.59 Å². The van der Waals surface area contributed by atoms with Crippen molar-refractivity contribution < 1.29 is 28.5 Å². The molecule has 4 rings (SSSR count). The van der Waals surface area contributed by atoms with Crippen LogP contribution in [0, 0.1) is 0 Å². The summed E-state index contributed by atoms with van der Waals surface area (Å²) in [6.45, 7) is 6.31. The van der Waals surface area contributed by atoms with Gasteiger partial charge in [-0.15, -0.1) is 0 Å². The average molecular weight is 514 g/mol. The van der Waals surface area contributed by atoms with Gasteiger partial charge >= 0.3 is 6.16 Å². The van der Waals surface area contributed by atoms with Crippen molar-refractivity contribution in [1.82, 2.24) is 15.2 Å². The molecule has 1 aliphatic heterocycles. The van der Waals surface area contributed by atoms with Gasteiger partial charge in [-0.25, -0.2) is 9.78 Å². The number of aromatic nitrogens is 1. The minimum absolute atomic E-state index is 0.0275. The molecule has 0 unspecified atom stereocenters. The molecule has 202 valence electrons. The molecular formula is C28H39N3O6. The molecule has 1 amide bonds. The van der Waals surface area contributed by atoms with E-state index in [-0.39, 0.29) is 30.7 Å². The monoisotopic (exact) mass is 513 g/mol. The SMILES string of the molecule is COC(=O)OCCCOc1cc(C(=O)N(C(C)C)[C@@H]2CCCNC2)nc2c(OC3CCCC3)cccc12. The summed E-state index contributed by atoms with van der Waals surface area (Å²) in [6.07, 6.45) is 6.28. The van der Waals surface area contributed by atoms with E-state index in [1.807, 2.05) is 36.9 Å². The van der Waals surface area contributed by atoms with Gasteiger partial charge in [0.2, 0.25) is 0 Å². The molecule has 1 aromatic heterocycles. The summed E-state index contributed by atoms with van der Waals surface area (Å²) in [5.41, 5.74) is 0.974. The first-order chi connectivity index (χ1) is 18.0. The van der Waals surface area contributed by atoms with Crippen molar-refractivity contribution in [2.45, 2.75) is 77.0 Å². The molecule has 2 fully saturated rings. The van der Waals surface area contributed by atoms with Crippen LogP contribution in [0.4, 0.5) is 4.79 Å². The second-order valence-corrected chi connectivity index (χ2v) is 9.99. The molecule has 1 saturated carbocycles. The summed E-state index contributed by atoms with van der Waals surface area (Å²) >= 11 is 0. The second kappa shape index (κ2) is 12.9. The Morgan fingerprint density at radius 1 is 1.11 bits per heavy atom. The number of benzene rings is 1. The van der Waals surface area contributed by atoms with Crippen molar-refractivity contribution in [2.75, 3.05) is 33.4 Å². The molecule has 1 aliphatic carbocycles. The molecule has 0 spiro atoms. The number of ether oxygens (including phenoxy) is 4. The normalized spacial score (nSPS) is 18.1. The largest absolute Gasteiger partial charge is 0.507 e. The zero-order chi connectivity index (χ0) is 26.2. The number of nitrogens with one attached hydrogen (secondary N) is 1. The Bertz CT molecular complexity index is 1060. The van der Waals surface area contributed by atoms with Crippen LogP contribution in [-0.2, 0) is 9.47 Å². The van der Waals surface area contributed by atoms with Crippen molar-refractivity contribution in [3.05, 3.63) is 30.0 Å². The summed E-state index contributed by atoms with van der Waals surface area (Å²) in [5, 5.41) is 4.20. The molecule has 2 aromatic rings. The van der Waals surface area contributed by atoms with Crippen molar-refractivity contribution in [2.24, 2.45) is 0 Å². The van der Waals surface area contributed by atoms with Gasteiger partial charge in [0, 0.05) is 36.5 Å². The zero-order valence-electron chi connectivity index (χ0n) is 22.2. The number of hydrogen-bond acceptors (Lipinski definition) is 8. The zero-order valence-corrected chi connectivity index (χ0v) is 22.2. The van der Waals surface area contributed by atoms with Crippen LogP contribution in [0.15, 0.2) is 24.3 Å². The van der Waals surface area contributed by atoms with Crippen LogP contribution in [0.1, 0.15) is 69.3 Å². The van der Waals surface area contributed by atoms with Crippen molar-refractivity contribution in [3.63, 3.8) is 0 Å². The highest BCUT2D eigenvalue weighted by Gasteiger charge is 2.30. The fourth-order valence-electron chi connectivity index (χ4n) is 5.18. The van der Waals surface area contributed by atoms with Crippen LogP contribution in [0.5, 0.6) is 11.5 Å². The Morgan fingerprint density at radius 2 is 1.92 bits per heavy atom. The summed E-state index contributed by atoms with van der Waals surface area (Å²) < 4.78 is 21.9. The molecule has 1 saturated heterocycles. The minimum Gasteiger partial charge on any atom is -0.493 e. The molecule has 9 heteroatoms. The van der Waals surface area contributed by atoms with E-state index in [1.54, 1.807) is 6.07 Å². The number of fused-ring (bicyclic) bond motifs is 1. The lowest BCUT2D eigenvalue weighted by Crippen LogP contribution is -2.51. The average Bonchev–Trinajstić information content (AvgIpc) is 3.42. The first kappa shape index (κ1) is 27.0. The number of rotatable bonds is 10. The molecule has 1 atom stereocenters. The maximum Gasteiger partial charge on any atom is 0.507 e. The molecule has 1 N–H and O–H groups in total. The predicted octanol–water partition coefficient (Wildman–Crippen LogP) is 4.71. The first-order valence-corrected chi connectivity index (χ1v) is 13.4. The van der Waals surface area contributed by atoms with E-state index in [1.165, 1.54) is 7.11 Å². The van der Waals surface area contributed by atoms with Gasteiger partial charge in [0.25, 0.3) is 5.91 Å². The lowest BCUT2D eigenvalue weighted by atomic mass is 10.0. The molecule has 9 nitrogen and oxygen atoms in total. The van der Waals surface area contributed by atoms with E-state index >= 15 is 0 Å². The van der Waals surface area contributed by atoms with E-state index in [0.29, 0.717) is 35.7 Å². The number of methoxy groups -OCH3 is 1. The number of hydrogen-bond donors (Lipinski definition) is 1. The molecule has 1 aromatic carbocycles. The van der Waals surface area contributed by atoms with Gasteiger partial charge in [-0.1, -0.05) is 6.07 Å². The maximum atomic E-state index is 13.9. The number of carbonyl (C=O) groups is 2. The Labute approximate surface area is 218 Å². The number of pyridine rings is 1. The molecule has 37 heavy (non-hydrogen) atoms. The van der Waals surface area contributed by atoms with Gasteiger partial charge < -0.3 is 29.2 Å². The van der Waals surface area contributed by atoms with E-state index in [4.69, 9.17) is 19.2 Å². The van der Waals surface area contributed by atoms with Gasteiger partial charge in [-0.2, -0.15) is 0 Å². The maximum absolute atomic E-state index is 13.9. The molecule has 0 radical (unpaired) electrons. The van der Waals surface area contributed by atoms with Crippen LogP contribution < -0.4 is 14.8 Å². The number of piperidine rings is 1. The Kier molecular flexibility index (Phi) is 9.44. The number of para-hydroxylation sites is 1. The van der Waals surface area contributed by atoms with Gasteiger partial charge in [-0.05, 0) is 71.0 Å². The van der Waals surface area contributed by atoms with Gasteiger partial charge in [0.05, 0.1) is 26.4 Å². The van der Waals surface area contributed by atoms with E-state index in [0.717, 1.165) is 57.0 Å². The smallest absolute Gasteiger partial charge is 0.493 e. The number of nitrogens with zero attached hydrogens (tertiary/aromatic N) is 2. The Balaban J connectivity index is 1.64. The lowest BCUT2D eigenvalue weighted by Gasteiger charge is -2.37. The first-order valence-electron chi connectivity index (χ1n) is 13.4. The highest BCUT2D eigenvalue weighted by Crippen LogP contribution is 2.35. The number of amides is 1. The summed E-state index contributed by atoms with van der Waals surface area (Å²) in [7, 11) is 1.27. The third kappa shape index (κ3) is 6.83. The highest BCUT2D eigenvalue weighted by molar-refractivity contribution is 5.98. The fraction of sp³-hybridized carbons (Fsp3) is 0.607. The van der Waals surface area contributed by atoms with Crippen LogP contribution in [-0.4, -0.2) is 73.5 Å². The molecule has 2 aliphatic rings. The van der Waals surface area contributed by atoms with Crippen LogP contribution >= 0.6 is 0 Å². The fourth-order valence-corrected chi connectivity index (χ4v) is 5.18. The summed E-state index contributed by atoms with van der Waals surface area (Å²) in [6, 6.07) is 7.65. The van der Waals surface area contributed by atoms with Crippen molar-refractivity contribution >= 4 is 23.0 Å². The Hall–Kier alpha value is -3.07. The third-order valence-electron chi connectivity index (χ3n) is 6.97. The molecular weight excluding hydrogens is 474 g/mol. The van der Waals surface area contributed by atoms with Crippen LogP contribution in [0.2, 0.25) is 0 Å².